The van der Waals surface area contributed by atoms with Crippen LogP contribution in [0, 0.1) is 23.3 Å². The molecule has 0 fully saturated rings. The lowest BCUT2D eigenvalue weighted by Crippen LogP contribution is -2.12. The summed E-state index contributed by atoms with van der Waals surface area (Å²) in [6.45, 7) is 0. The Morgan fingerprint density at radius 1 is 1.00 bits per heavy atom. The summed E-state index contributed by atoms with van der Waals surface area (Å²) in [5.74, 6) is -1.66. The van der Waals surface area contributed by atoms with E-state index >= 15 is 0 Å². The molecule has 13 heavy (non-hydrogen) atoms. The van der Waals surface area contributed by atoms with Crippen molar-refractivity contribution in [3.63, 3.8) is 0 Å². The maximum absolute atomic E-state index is 12.5. The van der Waals surface area contributed by atoms with E-state index in [2.05, 4.69) is 5.84 Å². The van der Waals surface area contributed by atoms with Gasteiger partial charge in [0.15, 0.2) is 23.3 Å². The van der Waals surface area contributed by atoms with Gasteiger partial charge in [0.05, 0.1) is 0 Å². The molecule has 1 aromatic rings. The van der Waals surface area contributed by atoms with E-state index in [0.29, 0.717) is 0 Å². The number of hydrogen-bond donors (Lipinski definition) is 2. The summed E-state index contributed by atoms with van der Waals surface area (Å²) in [5, 5.41) is 0. The lowest BCUT2D eigenvalue weighted by Gasteiger charge is -2.04. The SMILES string of the molecule is Cl.NNc1c(F)cc(F)c(F)c1F. The number of nitrogens with one attached hydrogen (secondary N) is 1. The summed E-state index contributed by atoms with van der Waals surface area (Å²) in [4.78, 5) is 0. The van der Waals surface area contributed by atoms with Crippen molar-refractivity contribution in [3.05, 3.63) is 29.3 Å². The number of nitrogen functional groups attached to an aromatic ring is 1. The third kappa shape index (κ3) is 2.02. The standard InChI is InChI=1S/C6H4F4N2.ClH/c7-2-1-3(8)6(12-11)5(10)4(2)9;/h1,12H,11H2;1H. The molecule has 0 aliphatic heterocycles. The molecule has 0 bridgehead atoms. The van der Waals surface area contributed by atoms with E-state index in [-0.39, 0.29) is 18.5 Å². The maximum Gasteiger partial charge on any atom is 0.196 e. The first-order valence-corrected chi connectivity index (χ1v) is 2.87. The summed E-state index contributed by atoms with van der Waals surface area (Å²) >= 11 is 0. The molecule has 0 heterocycles. The Labute approximate surface area is 77.1 Å². The Bertz CT molecular complexity index is 318. The van der Waals surface area contributed by atoms with Crippen molar-refractivity contribution >= 4 is 18.1 Å². The monoisotopic (exact) mass is 216 g/mol. The molecule has 7 heteroatoms. The Morgan fingerprint density at radius 3 is 2.00 bits per heavy atom. The summed E-state index contributed by atoms with van der Waals surface area (Å²) < 4.78 is 49.6. The fraction of sp³-hybridized carbons (Fsp3) is 0. The first-order valence-electron chi connectivity index (χ1n) is 2.87. The predicted octanol–water partition coefficient (Wildman–Crippen LogP) is 1.95. The van der Waals surface area contributed by atoms with Crippen LogP contribution in [-0.2, 0) is 0 Å². The van der Waals surface area contributed by atoms with Gasteiger partial charge in [-0.25, -0.2) is 17.6 Å². The number of nitrogens with two attached hydrogens (primary N) is 1. The van der Waals surface area contributed by atoms with Gasteiger partial charge in [-0.3, -0.25) is 5.84 Å². The fourth-order valence-corrected chi connectivity index (χ4v) is 0.699. The number of anilines is 1. The second-order valence-electron chi connectivity index (χ2n) is 1.99. The highest BCUT2D eigenvalue weighted by molar-refractivity contribution is 5.85. The maximum atomic E-state index is 12.5. The van der Waals surface area contributed by atoms with Crippen LogP contribution in [0.1, 0.15) is 0 Å². The minimum absolute atomic E-state index is 0. The summed E-state index contributed by atoms with van der Waals surface area (Å²) in [6, 6.07) is 0.202. The molecule has 0 aliphatic carbocycles. The highest BCUT2D eigenvalue weighted by Crippen LogP contribution is 2.22. The fourth-order valence-electron chi connectivity index (χ4n) is 0.699. The molecule has 3 N–H and O–H groups in total. The molecule has 0 aromatic heterocycles. The number of hydrazine groups is 1. The van der Waals surface area contributed by atoms with Crippen molar-refractivity contribution in [2.45, 2.75) is 0 Å². The molecule has 0 spiro atoms. The van der Waals surface area contributed by atoms with E-state index in [1.165, 1.54) is 0 Å². The molecular weight excluding hydrogens is 212 g/mol. The van der Waals surface area contributed by atoms with Crippen LogP contribution in [0.3, 0.4) is 0 Å². The number of halogens is 5. The zero-order chi connectivity index (χ0) is 9.30. The molecule has 1 aromatic carbocycles. The van der Waals surface area contributed by atoms with Crippen molar-refractivity contribution in [1.82, 2.24) is 0 Å². The lowest BCUT2D eigenvalue weighted by atomic mass is 10.2. The Balaban J connectivity index is 0.00000144. The quantitative estimate of drug-likeness (QED) is 0.248. The van der Waals surface area contributed by atoms with Crippen LogP contribution in [0.4, 0.5) is 23.2 Å². The van der Waals surface area contributed by atoms with Crippen LogP contribution >= 0.6 is 12.4 Å². The number of hydrogen-bond acceptors (Lipinski definition) is 2. The normalized spacial score (nSPS) is 9.31. The summed E-state index contributed by atoms with van der Waals surface area (Å²) in [7, 11) is 0. The van der Waals surface area contributed by atoms with Gasteiger partial charge in [-0.15, -0.1) is 12.4 Å². The van der Waals surface area contributed by atoms with E-state index in [9.17, 15) is 17.6 Å². The van der Waals surface area contributed by atoms with Crippen LogP contribution in [-0.4, -0.2) is 0 Å². The van der Waals surface area contributed by atoms with Gasteiger partial charge in [-0.1, -0.05) is 0 Å². The van der Waals surface area contributed by atoms with Crippen LogP contribution in [0.2, 0.25) is 0 Å². The average Bonchev–Trinajstić information content (AvgIpc) is 2.01. The van der Waals surface area contributed by atoms with Crippen molar-refractivity contribution in [3.8, 4) is 0 Å². The first kappa shape index (κ1) is 12.0. The zero-order valence-corrected chi connectivity index (χ0v) is 6.89. The van der Waals surface area contributed by atoms with Gasteiger partial charge in [0.2, 0.25) is 0 Å². The molecule has 0 saturated carbocycles. The Kier molecular flexibility index (Phi) is 3.96. The molecular formula is C6H5ClF4N2. The lowest BCUT2D eigenvalue weighted by molar-refractivity contribution is 0.437. The summed E-state index contributed by atoms with van der Waals surface area (Å²) in [6.07, 6.45) is 0. The molecule has 0 radical (unpaired) electrons. The Hall–Kier alpha value is -1.01. The van der Waals surface area contributed by atoms with Crippen LogP contribution < -0.4 is 11.3 Å². The molecule has 2 nitrogen and oxygen atoms in total. The van der Waals surface area contributed by atoms with E-state index < -0.39 is 29.0 Å². The van der Waals surface area contributed by atoms with Gasteiger partial charge in [-0.05, 0) is 0 Å². The van der Waals surface area contributed by atoms with Crippen molar-refractivity contribution < 1.29 is 17.6 Å². The van der Waals surface area contributed by atoms with Gasteiger partial charge < -0.3 is 5.43 Å². The van der Waals surface area contributed by atoms with Crippen LogP contribution in [0.25, 0.3) is 0 Å². The van der Waals surface area contributed by atoms with Crippen LogP contribution in [0.5, 0.6) is 0 Å². The summed E-state index contributed by atoms with van der Waals surface area (Å²) in [5.41, 5.74) is 0.680. The van der Waals surface area contributed by atoms with Gasteiger partial charge in [-0.2, -0.15) is 0 Å². The minimum Gasteiger partial charge on any atom is -0.319 e. The predicted molar refractivity (Wildman–Crippen MR) is 41.3 cm³/mol. The molecule has 1 rings (SSSR count). The number of benzene rings is 1. The topological polar surface area (TPSA) is 38.0 Å². The van der Waals surface area contributed by atoms with E-state index in [1.54, 1.807) is 5.43 Å². The molecule has 0 saturated heterocycles. The second kappa shape index (κ2) is 4.29. The van der Waals surface area contributed by atoms with Gasteiger partial charge >= 0.3 is 0 Å². The van der Waals surface area contributed by atoms with Crippen molar-refractivity contribution in [2.24, 2.45) is 5.84 Å². The minimum atomic E-state index is -1.76. The highest BCUT2D eigenvalue weighted by Gasteiger charge is 2.17. The van der Waals surface area contributed by atoms with Gasteiger partial charge in [0, 0.05) is 6.07 Å². The van der Waals surface area contributed by atoms with Gasteiger partial charge in [0.25, 0.3) is 0 Å². The molecule has 74 valence electrons. The molecule has 0 amide bonds. The van der Waals surface area contributed by atoms with Crippen LogP contribution in [0.15, 0.2) is 6.07 Å². The van der Waals surface area contributed by atoms with E-state index in [1.807, 2.05) is 0 Å². The third-order valence-corrected chi connectivity index (χ3v) is 1.26. The highest BCUT2D eigenvalue weighted by atomic mass is 35.5. The zero-order valence-electron chi connectivity index (χ0n) is 6.07. The smallest absolute Gasteiger partial charge is 0.196 e. The van der Waals surface area contributed by atoms with E-state index in [4.69, 9.17) is 0 Å². The largest absolute Gasteiger partial charge is 0.319 e. The molecule has 0 unspecified atom stereocenters. The number of rotatable bonds is 1. The van der Waals surface area contributed by atoms with Crippen molar-refractivity contribution in [2.75, 3.05) is 5.43 Å². The average molecular weight is 217 g/mol. The molecule has 0 aliphatic rings. The second-order valence-corrected chi connectivity index (χ2v) is 1.99. The van der Waals surface area contributed by atoms with Crippen molar-refractivity contribution in [1.29, 1.82) is 0 Å². The third-order valence-electron chi connectivity index (χ3n) is 1.26. The molecule has 0 atom stereocenters. The first-order chi connectivity index (χ1) is 5.57. The van der Waals surface area contributed by atoms with E-state index in [0.717, 1.165) is 0 Å². The van der Waals surface area contributed by atoms with Gasteiger partial charge in [0.1, 0.15) is 5.69 Å². The Morgan fingerprint density at radius 2 is 1.54 bits per heavy atom.